The van der Waals surface area contributed by atoms with Gasteiger partial charge in [-0.25, -0.2) is 0 Å². The zero-order valence-corrected chi connectivity index (χ0v) is 4.34. The van der Waals surface area contributed by atoms with Gasteiger partial charge in [0.15, 0.2) is 0 Å². The number of hydrogen-bond acceptors (Lipinski definition) is 1. The molecule has 0 bridgehead atoms. The number of nitrogens with zero attached hydrogens (tertiary/aromatic N) is 3. The molecule has 0 aliphatic heterocycles. The average molecular weight is 118 g/mol. The maximum absolute atomic E-state index is 7.67. The Balaban J connectivity index is 3.15. The predicted molar refractivity (Wildman–Crippen MR) is 29.0 cm³/mol. The average Bonchev–Trinajstić information content (AvgIpc) is 1.69. The number of halogens is 1. The lowest BCUT2D eigenvalue weighted by Gasteiger charge is -1.67. The van der Waals surface area contributed by atoms with Crippen LogP contribution in [0.2, 0.25) is 0 Å². The monoisotopic (exact) mass is 117 g/mol. The van der Waals surface area contributed by atoms with E-state index in [0.29, 0.717) is 6.54 Å². The van der Waals surface area contributed by atoms with Crippen LogP contribution in [0, 0.1) is 0 Å². The normalized spacial score (nSPS) is 8.71. The van der Waals surface area contributed by atoms with Gasteiger partial charge in [0.25, 0.3) is 0 Å². The van der Waals surface area contributed by atoms with Crippen molar-refractivity contribution in [3.63, 3.8) is 0 Å². The molecule has 0 aromatic heterocycles. The highest BCUT2D eigenvalue weighted by molar-refractivity contribution is 6.25. The maximum atomic E-state index is 7.67. The second-order valence-electron chi connectivity index (χ2n) is 0.775. The quantitative estimate of drug-likeness (QED) is 0.302. The number of hydrogen-bond donors (Lipinski definition) is 0. The Morgan fingerprint density at radius 3 is 3.00 bits per heavy atom. The van der Waals surface area contributed by atoms with Gasteiger partial charge in [-0.15, -0.1) is 0 Å². The van der Waals surface area contributed by atoms with Gasteiger partial charge in [-0.3, -0.25) is 0 Å². The molecular weight excluding hydrogens is 114 g/mol. The summed E-state index contributed by atoms with van der Waals surface area (Å²) < 4.78 is 0. The van der Waals surface area contributed by atoms with Crippen LogP contribution < -0.4 is 0 Å². The fourth-order valence-corrected chi connectivity index (χ4v) is 0.203. The molecule has 0 spiro atoms. The van der Waals surface area contributed by atoms with Gasteiger partial charge < -0.3 is 0 Å². The molecular formula is C3H4ClN3. The van der Waals surface area contributed by atoms with Gasteiger partial charge >= 0.3 is 0 Å². The molecule has 0 radical (unpaired) electrons. The first kappa shape index (κ1) is 6.34. The third-order valence-electron chi connectivity index (χ3n) is 0.339. The second kappa shape index (κ2) is 5.34. The van der Waals surface area contributed by atoms with Crippen LogP contribution in [-0.4, -0.2) is 6.54 Å². The molecule has 7 heavy (non-hydrogen) atoms. The van der Waals surface area contributed by atoms with Crippen LogP contribution in [0.5, 0.6) is 0 Å². The third kappa shape index (κ3) is 5.34. The minimum Gasteiger partial charge on any atom is -0.0933 e. The van der Waals surface area contributed by atoms with Crippen molar-refractivity contribution in [2.45, 2.75) is 0 Å². The summed E-state index contributed by atoms with van der Waals surface area (Å²) in [5.74, 6) is 0. The fraction of sp³-hybridized carbons (Fsp3) is 0.333. The summed E-state index contributed by atoms with van der Waals surface area (Å²) in [6, 6.07) is 0. The molecule has 0 fully saturated rings. The summed E-state index contributed by atoms with van der Waals surface area (Å²) in [4.78, 5) is 2.49. The fourth-order valence-electron chi connectivity index (χ4n) is 0.123. The lowest BCUT2D eigenvalue weighted by molar-refractivity contribution is 1.22. The first-order valence-corrected chi connectivity index (χ1v) is 2.11. The summed E-state index contributed by atoms with van der Waals surface area (Å²) in [7, 11) is 0. The van der Waals surface area contributed by atoms with Crippen molar-refractivity contribution in [1.82, 2.24) is 0 Å². The lowest BCUT2D eigenvalue weighted by atomic mass is 10.7. The van der Waals surface area contributed by atoms with Crippen molar-refractivity contribution >= 4 is 11.6 Å². The van der Waals surface area contributed by atoms with Crippen molar-refractivity contribution in [3.8, 4) is 0 Å². The second-order valence-corrected chi connectivity index (χ2v) is 1.03. The van der Waals surface area contributed by atoms with Crippen LogP contribution in [0.4, 0.5) is 0 Å². The van der Waals surface area contributed by atoms with Crippen molar-refractivity contribution in [3.05, 3.63) is 22.1 Å². The number of azide groups is 1. The molecule has 0 aromatic carbocycles. The van der Waals surface area contributed by atoms with Gasteiger partial charge in [0.05, 0.1) is 0 Å². The van der Waals surface area contributed by atoms with Gasteiger partial charge in [0.1, 0.15) is 0 Å². The summed E-state index contributed by atoms with van der Waals surface area (Å²) >= 11 is 5.07. The molecule has 0 amide bonds. The Labute approximate surface area is 46.2 Å². The topological polar surface area (TPSA) is 48.8 Å². The zero-order chi connectivity index (χ0) is 5.54. The highest BCUT2D eigenvalue weighted by atomic mass is 35.5. The molecule has 0 aliphatic carbocycles. The van der Waals surface area contributed by atoms with E-state index in [1.165, 1.54) is 5.54 Å². The van der Waals surface area contributed by atoms with E-state index in [2.05, 4.69) is 10.0 Å². The molecule has 0 heterocycles. The van der Waals surface area contributed by atoms with Gasteiger partial charge in [-0.05, 0) is 5.53 Å². The maximum Gasteiger partial charge on any atom is 0.0451 e. The summed E-state index contributed by atoms with van der Waals surface area (Å²) in [6.45, 7) is 0.333. The van der Waals surface area contributed by atoms with E-state index in [9.17, 15) is 0 Å². The van der Waals surface area contributed by atoms with E-state index >= 15 is 0 Å². The molecule has 38 valence electrons. The van der Waals surface area contributed by atoms with Crippen LogP contribution >= 0.6 is 11.6 Å². The standard InChI is InChI=1S/C3H4ClN3/c4-2-1-3-6-7-5/h1-2H,3H2. The van der Waals surface area contributed by atoms with E-state index in [-0.39, 0.29) is 0 Å². The molecule has 3 nitrogen and oxygen atoms in total. The van der Waals surface area contributed by atoms with Crippen LogP contribution in [0.3, 0.4) is 0 Å². The first-order valence-electron chi connectivity index (χ1n) is 1.68. The summed E-state index contributed by atoms with van der Waals surface area (Å²) in [6.07, 6.45) is 1.56. The van der Waals surface area contributed by atoms with Crippen molar-refractivity contribution in [2.24, 2.45) is 5.11 Å². The first-order chi connectivity index (χ1) is 3.41. The Kier molecular flexibility index (Phi) is 4.84. The van der Waals surface area contributed by atoms with Crippen molar-refractivity contribution < 1.29 is 0 Å². The van der Waals surface area contributed by atoms with E-state index in [1.54, 1.807) is 6.08 Å². The van der Waals surface area contributed by atoms with Crippen molar-refractivity contribution in [2.75, 3.05) is 6.54 Å². The van der Waals surface area contributed by atoms with Gasteiger partial charge in [-0.2, -0.15) is 0 Å². The zero-order valence-electron chi connectivity index (χ0n) is 3.58. The van der Waals surface area contributed by atoms with E-state index < -0.39 is 0 Å². The molecule has 4 heteroatoms. The molecule has 0 rings (SSSR count). The molecule has 0 saturated heterocycles. The van der Waals surface area contributed by atoms with Crippen LogP contribution in [0.15, 0.2) is 16.7 Å². The van der Waals surface area contributed by atoms with Crippen LogP contribution in [0.25, 0.3) is 10.4 Å². The third-order valence-corrected chi connectivity index (χ3v) is 0.518. The Hall–Kier alpha value is -0.660. The Bertz CT molecular complexity index is 103. The molecule has 0 atom stereocenters. The van der Waals surface area contributed by atoms with Gasteiger partial charge in [0, 0.05) is 17.0 Å². The Morgan fingerprint density at radius 1 is 1.86 bits per heavy atom. The molecule has 0 aliphatic rings. The van der Waals surface area contributed by atoms with Gasteiger partial charge in [0.2, 0.25) is 0 Å². The van der Waals surface area contributed by atoms with Crippen molar-refractivity contribution in [1.29, 1.82) is 0 Å². The minimum atomic E-state index is 0.333. The minimum absolute atomic E-state index is 0.333. The van der Waals surface area contributed by atoms with E-state index in [4.69, 9.17) is 17.1 Å². The molecule has 0 aromatic rings. The summed E-state index contributed by atoms with van der Waals surface area (Å²) in [5.41, 5.74) is 8.99. The van der Waals surface area contributed by atoms with Crippen LogP contribution in [0.1, 0.15) is 0 Å². The predicted octanol–water partition coefficient (Wildman–Crippen LogP) is 2.05. The summed E-state index contributed by atoms with van der Waals surface area (Å²) in [5, 5.41) is 3.17. The molecule has 0 unspecified atom stereocenters. The van der Waals surface area contributed by atoms with Crippen LogP contribution in [-0.2, 0) is 0 Å². The molecule has 0 N–H and O–H groups in total. The lowest BCUT2D eigenvalue weighted by Crippen LogP contribution is -1.60. The van der Waals surface area contributed by atoms with E-state index in [1.807, 2.05) is 0 Å². The largest absolute Gasteiger partial charge is 0.0933 e. The SMILES string of the molecule is [N-]=[N+]=NCC=CCl. The highest BCUT2D eigenvalue weighted by Gasteiger charge is 1.63. The van der Waals surface area contributed by atoms with E-state index in [0.717, 1.165) is 0 Å². The number of rotatable bonds is 2. The Morgan fingerprint density at radius 2 is 2.57 bits per heavy atom. The molecule has 0 saturated carbocycles. The van der Waals surface area contributed by atoms with Gasteiger partial charge in [-0.1, -0.05) is 22.8 Å². The smallest absolute Gasteiger partial charge is 0.0451 e. The highest BCUT2D eigenvalue weighted by Crippen LogP contribution is 1.78.